The van der Waals surface area contributed by atoms with Crippen LogP contribution in [0.5, 0.6) is 0 Å². The molecule has 162 valence electrons. The zero-order chi connectivity index (χ0) is 20.9. The first kappa shape index (κ1) is 23.3. The molecular formula is C23H38N4O2. The Labute approximate surface area is 175 Å². The first-order valence-electron chi connectivity index (χ1n) is 11.4. The van der Waals surface area contributed by atoms with Crippen molar-refractivity contribution in [2.75, 3.05) is 6.61 Å². The van der Waals surface area contributed by atoms with E-state index in [9.17, 15) is 4.79 Å². The number of ether oxygens (including phenoxy) is 1. The highest BCUT2D eigenvalue weighted by molar-refractivity contribution is 5.45. The summed E-state index contributed by atoms with van der Waals surface area (Å²) in [5.74, 6) is 0. The second kappa shape index (κ2) is 13.3. The zero-order valence-electron chi connectivity index (χ0n) is 18.5. The molecule has 0 N–H and O–H groups in total. The SMILES string of the molecule is CCCCCCCCCCCCOCc1c(CC)cccc1-n1nnn(C)c1=O. The van der Waals surface area contributed by atoms with Gasteiger partial charge in [0.15, 0.2) is 0 Å². The number of aromatic nitrogens is 4. The summed E-state index contributed by atoms with van der Waals surface area (Å²) < 4.78 is 8.58. The summed E-state index contributed by atoms with van der Waals surface area (Å²) in [6.45, 7) is 5.63. The number of benzene rings is 1. The Hall–Kier alpha value is -1.95. The lowest BCUT2D eigenvalue weighted by atomic mass is 10.0. The molecule has 0 aliphatic heterocycles. The van der Waals surface area contributed by atoms with Crippen molar-refractivity contribution in [1.29, 1.82) is 0 Å². The molecule has 0 atom stereocenters. The summed E-state index contributed by atoms with van der Waals surface area (Å²) in [6, 6.07) is 5.96. The number of rotatable bonds is 15. The van der Waals surface area contributed by atoms with Crippen molar-refractivity contribution >= 4 is 0 Å². The van der Waals surface area contributed by atoms with Crippen LogP contribution in [0.4, 0.5) is 0 Å². The second-order valence-electron chi connectivity index (χ2n) is 7.80. The van der Waals surface area contributed by atoms with Crippen LogP contribution in [0.1, 0.15) is 89.2 Å². The largest absolute Gasteiger partial charge is 0.377 e. The Morgan fingerprint density at radius 2 is 1.55 bits per heavy atom. The third-order valence-electron chi connectivity index (χ3n) is 5.47. The first-order valence-corrected chi connectivity index (χ1v) is 11.4. The van der Waals surface area contributed by atoms with Crippen molar-refractivity contribution < 1.29 is 4.74 Å². The van der Waals surface area contributed by atoms with Crippen molar-refractivity contribution in [2.24, 2.45) is 7.05 Å². The number of hydrogen-bond acceptors (Lipinski definition) is 4. The Morgan fingerprint density at radius 1 is 0.897 bits per heavy atom. The fourth-order valence-corrected chi connectivity index (χ4v) is 3.65. The first-order chi connectivity index (χ1) is 14.2. The van der Waals surface area contributed by atoms with Crippen molar-refractivity contribution in [3.05, 3.63) is 39.8 Å². The molecule has 0 saturated carbocycles. The number of unbranched alkanes of at least 4 members (excludes halogenated alkanes) is 9. The molecule has 0 aliphatic carbocycles. The molecule has 0 unspecified atom stereocenters. The number of tetrazole rings is 1. The van der Waals surface area contributed by atoms with E-state index in [-0.39, 0.29) is 5.69 Å². The van der Waals surface area contributed by atoms with Gasteiger partial charge in [-0.15, -0.1) is 0 Å². The van der Waals surface area contributed by atoms with Crippen LogP contribution in [0, 0.1) is 0 Å². The molecule has 1 aromatic heterocycles. The zero-order valence-corrected chi connectivity index (χ0v) is 18.5. The van der Waals surface area contributed by atoms with Gasteiger partial charge in [0.1, 0.15) is 0 Å². The standard InChI is InChI=1S/C23H38N4O2/c1-4-6-7-8-9-10-11-12-13-14-18-29-19-21-20(5-2)16-15-17-22(21)27-23(28)26(3)24-25-27/h15-17H,4-14,18-19H2,1-3H3. The minimum Gasteiger partial charge on any atom is -0.377 e. The Morgan fingerprint density at radius 3 is 2.14 bits per heavy atom. The van der Waals surface area contributed by atoms with Gasteiger partial charge in [-0.25, -0.2) is 4.79 Å². The molecule has 29 heavy (non-hydrogen) atoms. The molecule has 1 heterocycles. The van der Waals surface area contributed by atoms with Crippen molar-refractivity contribution in [3.63, 3.8) is 0 Å². The van der Waals surface area contributed by atoms with Crippen molar-refractivity contribution in [3.8, 4) is 5.69 Å². The molecule has 6 nitrogen and oxygen atoms in total. The highest BCUT2D eigenvalue weighted by Gasteiger charge is 2.14. The lowest BCUT2D eigenvalue weighted by Crippen LogP contribution is -2.23. The van der Waals surface area contributed by atoms with Crippen molar-refractivity contribution in [2.45, 2.75) is 91.1 Å². The number of hydrogen-bond donors (Lipinski definition) is 0. The number of aryl methyl sites for hydroxylation is 2. The summed E-state index contributed by atoms with van der Waals surface area (Å²) in [6.07, 6.45) is 14.1. The van der Waals surface area contributed by atoms with E-state index in [0.717, 1.165) is 30.7 Å². The normalized spacial score (nSPS) is 11.3. The fourth-order valence-electron chi connectivity index (χ4n) is 3.65. The van der Waals surface area contributed by atoms with E-state index < -0.39 is 0 Å². The summed E-state index contributed by atoms with van der Waals surface area (Å²) in [7, 11) is 1.61. The summed E-state index contributed by atoms with van der Waals surface area (Å²) in [5.41, 5.74) is 2.74. The smallest absolute Gasteiger partial charge is 0.368 e. The molecule has 0 amide bonds. The van der Waals surface area contributed by atoms with E-state index >= 15 is 0 Å². The summed E-state index contributed by atoms with van der Waals surface area (Å²) in [5, 5.41) is 7.82. The van der Waals surface area contributed by atoms with E-state index in [1.165, 1.54) is 72.7 Å². The Bertz CT molecular complexity index is 766. The van der Waals surface area contributed by atoms with Gasteiger partial charge in [-0.1, -0.05) is 83.8 Å². The molecule has 0 fully saturated rings. The topological polar surface area (TPSA) is 61.9 Å². The van der Waals surface area contributed by atoms with Crippen LogP contribution in [-0.2, 0) is 24.8 Å². The van der Waals surface area contributed by atoms with Crippen LogP contribution in [0.2, 0.25) is 0 Å². The van der Waals surface area contributed by atoms with Gasteiger partial charge in [0.25, 0.3) is 0 Å². The Balaban J connectivity index is 1.74. The quantitative estimate of drug-likeness (QED) is 0.395. The minimum atomic E-state index is -0.241. The fraction of sp³-hybridized carbons (Fsp3) is 0.696. The lowest BCUT2D eigenvalue weighted by molar-refractivity contribution is 0.116. The molecule has 0 saturated heterocycles. The van der Waals surface area contributed by atoms with Gasteiger partial charge in [0.2, 0.25) is 0 Å². The van der Waals surface area contributed by atoms with Crippen LogP contribution in [0.3, 0.4) is 0 Å². The molecule has 0 bridgehead atoms. The van der Waals surface area contributed by atoms with Gasteiger partial charge in [-0.2, -0.15) is 9.36 Å². The molecule has 2 aromatic rings. The molecule has 0 spiro atoms. The van der Waals surface area contributed by atoms with E-state index in [2.05, 4.69) is 30.3 Å². The highest BCUT2D eigenvalue weighted by atomic mass is 16.5. The summed E-state index contributed by atoms with van der Waals surface area (Å²) in [4.78, 5) is 12.3. The van der Waals surface area contributed by atoms with Gasteiger partial charge < -0.3 is 4.74 Å². The Kier molecular flexibility index (Phi) is 10.7. The maximum absolute atomic E-state index is 12.3. The number of nitrogens with zero attached hydrogens (tertiary/aromatic N) is 4. The summed E-state index contributed by atoms with van der Waals surface area (Å²) >= 11 is 0. The van der Waals surface area contributed by atoms with Gasteiger partial charge in [-0.3, -0.25) is 0 Å². The van der Waals surface area contributed by atoms with Crippen LogP contribution in [0.25, 0.3) is 5.69 Å². The minimum absolute atomic E-state index is 0.241. The predicted octanol–water partition coefficient (Wildman–Crippen LogP) is 4.97. The molecular weight excluding hydrogens is 364 g/mol. The van der Waals surface area contributed by atoms with E-state index in [4.69, 9.17) is 4.74 Å². The third kappa shape index (κ3) is 7.42. The average molecular weight is 403 g/mol. The van der Waals surface area contributed by atoms with Gasteiger partial charge >= 0.3 is 5.69 Å². The second-order valence-corrected chi connectivity index (χ2v) is 7.80. The predicted molar refractivity (Wildman–Crippen MR) is 117 cm³/mol. The molecule has 0 aliphatic rings. The van der Waals surface area contributed by atoms with Gasteiger partial charge in [0, 0.05) is 19.2 Å². The maximum Gasteiger partial charge on any atom is 0.368 e. The van der Waals surface area contributed by atoms with E-state index in [1.807, 2.05) is 12.1 Å². The van der Waals surface area contributed by atoms with Crippen LogP contribution in [-0.4, -0.2) is 26.4 Å². The van der Waals surface area contributed by atoms with Gasteiger partial charge in [-0.05, 0) is 34.9 Å². The lowest BCUT2D eigenvalue weighted by Gasteiger charge is -2.13. The third-order valence-corrected chi connectivity index (χ3v) is 5.47. The van der Waals surface area contributed by atoms with Crippen LogP contribution >= 0.6 is 0 Å². The van der Waals surface area contributed by atoms with Crippen LogP contribution in [0.15, 0.2) is 23.0 Å². The van der Waals surface area contributed by atoms with Gasteiger partial charge in [0.05, 0.1) is 12.3 Å². The van der Waals surface area contributed by atoms with E-state index in [0.29, 0.717) is 6.61 Å². The van der Waals surface area contributed by atoms with E-state index in [1.54, 1.807) is 7.05 Å². The highest BCUT2D eigenvalue weighted by Crippen LogP contribution is 2.19. The molecule has 6 heteroatoms. The maximum atomic E-state index is 12.3. The molecule has 0 radical (unpaired) electrons. The average Bonchev–Trinajstić information content (AvgIpc) is 3.07. The van der Waals surface area contributed by atoms with Crippen molar-refractivity contribution in [1.82, 2.24) is 19.8 Å². The molecule has 2 rings (SSSR count). The monoisotopic (exact) mass is 402 g/mol. The molecule has 1 aromatic carbocycles. The van der Waals surface area contributed by atoms with Crippen LogP contribution < -0.4 is 5.69 Å².